The molecule has 53 heavy (non-hydrogen) atoms. The second kappa shape index (κ2) is 12.9. The molecule has 0 amide bonds. The van der Waals surface area contributed by atoms with Crippen molar-refractivity contribution < 1.29 is 0 Å². The Balaban J connectivity index is 0.969. The lowest BCUT2D eigenvalue weighted by molar-refractivity contribution is 1.18. The van der Waals surface area contributed by atoms with Gasteiger partial charge in [-0.15, -0.1) is 0 Å². The predicted molar refractivity (Wildman–Crippen MR) is 221 cm³/mol. The van der Waals surface area contributed by atoms with Gasteiger partial charge >= 0.3 is 0 Å². The summed E-state index contributed by atoms with van der Waals surface area (Å²) in [6.45, 7) is 0. The summed E-state index contributed by atoms with van der Waals surface area (Å²) in [6, 6.07) is 71.0. The molecule has 0 radical (unpaired) electrons. The minimum atomic E-state index is 0.710. The van der Waals surface area contributed by atoms with Gasteiger partial charge in [0.25, 0.3) is 0 Å². The number of para-hydroxylation sites is 2. The molecular formula is C50H33N3. The first-order valence-corrected chi connectivity index (χ1v) is 18.0. The quantitative estimate of drug-likeness (QED) is 0.176. The average Bonchev–Trinajstić information content (AvgIpc) is 3.58. The Labute approximate surface area is 308 Å². The molecule has 248 valence electrons. The number of aromatic nitrogens is 3. The molecule has 0 saturated heterocycles. The van der Waals surface area contributed by atoms with Crippen LogP contribution in [0.2, 0.25) is 0 Å². The zero-order valence-electron chi connectivity index (χ0n) is 28.9. The summed E-state index contributed by atoms with van der Waals surface area (Å²) in [6.07, 6.45) is 0. The summed E-state index contributed by atoms with van der Waals surface area (Å²) in [5, 5.41) is 4.96. The summed E-state index contributed by atoms with van der Waals surface area (Å²) in [4.78, 5) is 10.1. The highest BCUT2D eigenvalue weighted by atomic mass is 15.0. The Morgan fingerprint density at radius 1 is 0.302 bits per heavy atom. The molecule has 0 saturated carbocycles. The fraction of sp³-hybridized carbons (Fsp3) is 0. The monoisotopic (exact) mass is 675 g/mol. The van der Waals surface area contributed by atoms with Crippen molar-refractivity contribution in [3.05, 3.63) is 200 Å². The summed E-state index contributed by atoms with van der Waals surface area (Å²) in [5.41, 5.74) is 13.2. The normalized spacial score (nSPS) is 11.4. The van der Waals surface area contributed by atoms with E-state index >= 15 is 0 Å². The van der Waals surface area contributed by atoms with Gasteiger partial charge in [-0.05, 0) is 81.6 Å². The molecule has 0 unspecified atom stereocenters. The molecule has 0 fully saturated rings. The number of nitrogens with zero attached hydrogens (tertiary/aromatic N) is 3. The smallest absolute Gasteiger partial charge is 0.160 e. The van der Waals surface area contributed by atoms with E-state index in [1.165, 1.54) is 43.7 Å². The van der Waals surface area contributed by atoms with E-state index < -0.39 is 0 Å². The van der Waals surface area contributed by atoms with Crippen LogP contribution in [0.3, 0.4) is 0 Å². The second-order valence-corrected chi connectivity index (χ2v) is 13.5. The summed E-state index contributed by atoms with van der Waals surface area (Å²) in [7, 11) is 0. The van der Waals surface area contributed by atoms with Crippen LogP contribution < -0.4 is 0 Å². The van der Waals surface area contributed by atoms with Crippen molar-refractivity contribution in [1.82, 2.24) is 14.5 Å². The van der Waals surface area contributed by atoms with Crippen LogP contribution in [0.15, 0.2) is 200 Å². The highest BCUT2D eigenvalue weighted by molar-refractivity contribution is 6.09. The van der Waals surface area contributed by atoms with Crippen molar-refractivity contribution in [2.75, 3.05) is 0 Å². The van der Waals surface area contributed by atoms with E-state index in [0.717, 1.165) is 44.9 Å². The van der Waals surface area contributed by atoms with E-state index in [1.807, 2.05) is 36.4 Å². The van der Waals surface area contributed by atoms with Crippen molar-refractivity contribution >= 4 is 32.6 Å². The van der Waals surface area contributed by atoms with Crippen LogP contribution in [0.1, 0.15) is 0 Å². The van der Waals surface area contributed by atoms with Gasteiger partial charge in [0.15, 0.2) is 5.82 Å². The third kappa shape index (κ3) is 5.65. The molecule has 0 aliphatic rings. The van der Waals surface area contributed by atoms with Gasteiger partial charge in [0.05, 0.1) is 22.4 Å². The summed E-state index contributed by atoms with van der Waals surface area (Å²) < 4.78 is 2.36. The third-order valence-corrected chi connectivity index (χ3v) is 10.2. The fourth-order valence-corrected chi connectivity index (χ4v) is 7.54. The molecule has 0 aliphatic carbocycles. The van der Waals surface area contributed by atoms with Gasteiger partial charge in [-0.2, -0.15) is 0 Å². The predicted octanol–water partition coefficient (Wildman–Crippen LogP) is 13.1. The van der Waals surface area contributed by atoms with Gasteiger partial charge in [0.1, 0.15) is 0 Å². The molecule has 3 nitrogen and oxygen atoms in total. The van der Waals surface area contributed by atoms with E-state index in [2.05, 4.69) is 168 Å². The van der Waals surface area contributed by atoms with Crippen molar-refractivity contribution in [3.63, 3.8) is 0 Å². The van der Waals surface area contributed by atoms with Gasteiger partial charge in [-0.3, -0.25) is 0 Å². The number of fused-ring (bicyclic) bond motifs is 4. The number of hydrogen-bond acceptors (Lipinski definition) is 2. The first kappa shape index (κ1) is 30.7. The number of hydrogen-bond donors (Lipinski definition) is 0. The molecule has 3 heteroatoms. The SMILES string of the molecule is c1ccc(-c2cc(-c3ccccc3)nc(-c3cccc(-c4ccc5cc(-c6ccc(-n7c8ccccc8c8ccccc87)cc6)ccc5c4)c3)n2)cc1. The van der Waals surface area contributed by atoms with E-state index in [1.54, 1.807) is 0 Å². The maximum absolute atomic E-state index is 5.06. The lowest BCUT2D eigenvalue weighted by Gasteiger charge is -2.11. The Kier molecular flexibility index (Phi) is 7.47. The Bertz CT molecular complexity index is 2810. The molecule has 8 aromatic carbocycles. The maximum atomic E-state index is 5.06. The zero-order valence-corrected chi connectivity index (χ0v) is 28.9. The highest BCUT2D eigenvalue weighted by Crippen LogP contribution is 2.35. The molecule has 0 spiro atoms. The Morgan fingerprint density at radius 3 is 1.34 bits per heavy atom. The zero-order chi connectivity index (χ0) is 35.1. The van der Waals surface area contributed by atoms with Crippen LogP contribution in [0.25, 0.3) is 94.4 Å². The molecule has 10 aromatic rings. The van der Waals surface area contributed by atoms with Crippen LogP contribution in [-0.4, -0.2) is 14.5 Å². The Hall–Kier alpha value is -7.10. The number of rotatable bonds is 6. The number of benzene rings is 8. The minimum Gasteiger partial charge on any atom is -0.309 e. The van der Waals surface area contributed by atoms with Crippen LogP contribution in [-0.2, 0) is 0 Å². The van der Waals surface area contributed by atoms with E-state index in [-0.39, 0.29) is 0 Å². The van der Waals surface area contributed by atoms with Gasteiger partial charge in [0, 0.05) is 33.2 Å². The molecule has 10 rings (SSSR count). The molecule has 2 heterocycles. The standard InChI is InChI=1S/C50H33N3/c1-3-12-35(13-4-1)46-33-47(36-14-5-2-6-15-36)52-50(51-46)42-17-11-16-37(32-42)39-24-25-40-30-38(22-23-41(40)31-39)34-26-28-43(29-27-34)53-48-20-9-7-18-44(48)45-19-8-10-21-49(45)53/h1-33H. The third-order valence-electron chi connectivity index (χ3n) is 10.2. The lowest BCUT2D eigenvalue weighted by Crippen LogP contribution is -1.96. The second-order valence-electron chi connectivity index (χ2n) is 13.5. The summed E-state index contributed by atoms with van der Waals surface area (Å²) >= 11 is 0. The van der Waals surface area contributed by atoms with E-state index in [9.17, 15) is 0 Å². The van der Waals surface area contributed by atoms with Crippen molar-refractivity contribution in [1.29, 1.82) is 0 Å². The fourth-order valence-electron chi connectivity index (χ4n) is 7.54. The van der Waals surface area contributed by atoms with Gasteiger partial charge in [-0.1, -0.05) is 152 Å². The van der Waals surface area contributed by atoms with Crippen molar-refractivity contribution in [2.24, 2.45) is 0 Å². The largest absolute Gasteiger partial charge is 0.309 e. The van der Waals surface area contributed by atoms with Crippen LogP contribution in [0.4, 0.5) is 0 Å². The molecule has 0 N–H and O–H groups in total. The van der Waals surface area contributed by atoms with Crippen LogP contribution >= 0.6 is 0 Å². The summed E-state index contributed by atoms with van der Waals surface area (Å²) in [5.74, 6) is 0.710. The van der Waals surface area contributed by atoms with Crippen molar-refractivity contribution in [2.45, 2.75) is 0 Å². The Morgan fingerprint density at radius 2 is 0.755 bits per heavy atom. The van der Waals surface area contributed by atoms with Gasteiger partial charge in [0.2, 0.25) is 0 Å². The highest BCUT2D eigenvalue weighted by Gasteiger charge is 2.13. The van der Waals surface area contributed by atoms with Gasteiger partial charge in [-0.25, -0.2) is 9.97 Å². The molecule has 0 bridgehead atoms. The average molecular weight is 676 g/mol. The maximum Gasteiger partial charge on any atom is 0.160 e. The first-order chi connectivity index (χ1) is 26.2. The van der Waals surface area contributed by atoms with Crippen LogP contribution in [0, 0.1) is 0 Å². The van der Waals surface area contributed by atoms with E-state index in [0.29, 0.717) is 5.82 Å². The lowest BCUT2D eigenvalue weighted by atomic mass is 9.97. The molecular weight excluding hydrogens is 643 g/mol. The minimum absolute atomic E-state index is 0.710. The van der Waals surface area contributed by atoms with Crippen molar-refractivity contribution in [3.8, 4) is 61.8 Å². The van der Waals surface area contributed by atoms with Gasteiger partial charge < -0.3 is 4.57 Å². The molecule has 2 aromatic heterocycles. The van der Waals surface area contributed by atoms with Crippen LogP contribution in [0.5, 0.6) is 0 Å². The topological polar surface area (TPSA) is 30.7 Å². The molecule has 0 atom stereocenters. The first-order valence-electron chi connectivity index (χ1n) is 18.0. The molecule has 0 aliphatic heterocycles. The van der Waals surface area contributed by atoms with E-state index in [4.69, 9.17) is 9.97 Å².